The molecular formula is C20H24N2. The molecule has 0 saturated carbocycles. The van der Waals surface area contributed by atoms with E-state index in [1.807, 2.05) is 48.8 Å². The quantitative estimate of drug-likeness (QED) is 0.693. The van der Waals surface area contributed by atoms with Crippen LogP contribution in [0.2, 0.25) is 0 Å². The monoisotopic (exact) mass is 292 g/mol. The first kappa shape index (κ1) is 16.2. The van der Waals surface area contributed by atoms with Crippen molar-refractivity contribution in [1.82, 2.24) is 0 Å². The van der Waals surface area contributed by atoms with Crippen molar-refractivity contribution >= 4 is 12.4 Å². The molecule has 0 bridgehead atoms. The third-order valence-electron chi connectivity index (χ3n) is 4.00. The summed E-state index contributed by atoms with van der Waals surface area (Å²) in [6, 6.07) is 20.4. The Morgan fingerprint density at radius 1 is 0.864 bits per heavy atom. The highest BCUT2D eigenvalue weighted by atomic mass is 14.9. The predicted octanol–water partition coefficient (Wildman–Crippen LogP) is 4.64. The lowest BCUT2D eigenvalue weighted by Crippen LogP contribution is -2.33. The minimum Gasteiger partial charge on any atom is -0.290 e. The Bertz CT molecular complexity index is 615. The molecule has 0 fully saturated rings. The topological polar surface area (TPSA) is 24.7 Å². The fraction of sp³-hybridized carbons (Fsp3) is 0.300. The standard InChI is InChI=1S/C20H24N2/c1-17(2)20(3,22-15-19-12-8-5-9-13-19)16-21-14-18-10-6-4-7-11-18/h4-15,17H,16H2,1-3H3. The SMILES string of the molecule is CC(C)C(C)(CN=Cc1ccccc1)N=Cc1ccccc1. The van der Waals surface area contributed by atoms with Crippen molar-refractivity contribution in [2.24, 2.45) is 15.9 Å². The van der Waals surface area contributed by atoms with Crippen molar-refractivity contribution in [1.29, 1.82) is 0 Å². The predicted molar refractivity (Wildman–Crippen MR) is 96.2 cm³/mol. The number of aliphatic imine (C=N–C) groups is 2. The van der Waals surface area contributed by atoms with Crippen LogP contribution in [-0.4, -0.2) is 24.5 Å². The van der Waals surface area contributed by atoms with Crippen LogP contribution in [0.1, 0.15) is 31.9 Å². The van der Waals surface area contributed by atoms with Crippen LogP contribution in [0, 0.1) is 5.92 Å². The van der Waals surface area contributed by atoms with Crippen LogP contribution in [0.5, 0.6) is 0 Å². The van der Waals surface area contributed by atoms with Gasteiger partial charge >= 0.3 is 0 Å². The van der Waals surface area contributed by atoms with E-state index in [1.165, 1.54) is 0 Å². The molecule has 0 N–H and O–H groups in total. The van der Waals surface area contributed by atoms with Gasteiger partial charge in [-0.3, -0.25) is 9.98 Å². The average molecular weight is 292 g/mol. The van der Waals surface area contributed by atoms with Crippen LogP contribution >= 0.6 is 0 Å². The first-order chi connectivity index (χ1) is 10.6. The normalized spacial score (nSPS) is 14.7. The number of nitrogens with zero attached hydrogens (tertiary/aromatic N) is 2. The van der Waals surface area contributed by atoms with Gasteiger partial charge in [-0.25, -0.2) is 0 Å². The van der Waals surface area contributed by atoms with Crippen LogP contribution in [0.15, 0.2) is 70.6 Å². The van der Waals surface area contributed by atoms with E-state index in [1.54, 1.807) is 0 Å². The Balaban J connectivity index is 2.08. The molecule has 0 aliphatic rings. The van der Waals surface area contributed by atoms with E-state index in [9.17, 15) is 0 Å². The third-order valence-corrected chi connectivity index (χ3v) is 4.00. The van der Waals surface area contributed by atoms with Gasteiger partial charge in [-0.2, -0.15) is 0 Å². The summed E-state index contributed by atoms with van der Waals surface area (Å²) in [5, 5.41) is 0. The van der Waals surface area contributed by atoms with Gasteiger partial charge in [0.25, 0.3) is 0 Å². The summed E-state index contributed by atoms with van der Waals surface area (Å²) in [5.74, 6) is 0.417. The maximum atomic E-state index is 4.82. The van der Waals surface area contributed by atoms with E-state index >= 15 is 0 Å². The Morgan fingerprint density at radius 2 is 1.36 bits per heavy atom. The molecule has 0 saturated heterocycles. The molecule has 2 aromatic rings. The summed E-state index contributed by atoms with van der Waals surface area (Å²) >= 11 is 0. The summed E-state index contributed by atoms with van der Waals surface area (Å²) in [4.78, 5) is 9.43. The van der Waals surface area contributed by atoms with Gasteiger partial charge in [0.2, 0.25) is 0 Å². The molecule has 0 aliphatic heterocycles. The first-order valence-corrected chi connectivity index (χ1v) is 7.75. The molecule has 1 unspecified atom stereocenters. The Morgan fingerprint density at radius 3 is 1.86 bits per heavy atom. The van der Waals surface area contributed by atoms with Crippen molar-refractivity contribution in [2.45, 2.75) is 26.3 Å². The highest BCUT2D eigenvalue weighted by molar-refractivity contribution is 5.80. The van der Waals surface area contributed by atoms with Crippen LogP contribution < -0.4 is 0 Å². The van der Waals surface area contributed by atoms with Gasteiger partial charge in [0, 0.05) is 12.4 Å². The second-order valence-corrected chi connectivity index (χ2v) is 6.06. The maximum Gasteiger partial charge on any atom is 0.0797 e. The molecular weight excluding hydrogens is 268 g/mol. The Labute approximate surface area is 133 Å². The second-order valence-electron chi connectivity index (χ2n) is 6.06. The van der Waals surface area contributed by atoms with E-state index in [0.717, 1.165) is 11.1 Å². The largest absolute Gasteiger partial charge is 0.290 e. The fourth-order valence-corrected chi connectivity index (χ4v) is 2.01. The molecule has 2 rings (SSSR count). The molecule has 2 heteroatoms. The second kappa shape index (κ2) is 7.69. The zero-order valence-electron chi connectivity index (χ0n) is 13.6. The summed E-state index contributed by atoms with van der Waals surface area (Å²) < 4.78 is 0. The van der Waals surface area contributed by atoms with Gasteiger partial charge in [0.1, 0.15) is 0 Å². The Kier molecular flexibility index (Phi) is 5.65. The van der Waals surface area contributed by atoms with E-state index in [4.69, 9.17) is 4.99 Å². The maximum absolute atomic E-state index is 4.82. The number of hydrogen-bond donors (Lipinski definition) is 0. The summed E-state index contributed by atoms with van der Waals surface area (Å²) in [6.45, 7) is 7.24. The van der Waals surface area contributed by atoms with Gasteiger partial charge in [0.05, 0.1) is 12.1 Å². The lowest BCUT2D eigenvalue weighted by Gasteiger charge is -2.27. The molecule has 1 atom stereocenters. The first-order valence-electron chi connectivity index (χ1n) is 7.75. The van der Waals surface area contributed by atoms with E-state index in [2.05, 4.69) is 50.0 Å². The number of rotatable bonds is 6. The van der Waals surface area contributed by atoms with Crippen molar-refractivity contribution in [3.05, 3.63) is 71.8 Å². The van der Waals surface area contributed by atoms with Crippen molar-refractivity contribution < 1.29 is 0 Å². The zero-order chi connectivity index (χ0) is 15.8. The van der Waals surface area contributed by atoms with E-state index < -0.39 is 0 Å². The van der Waals surface area contributed by atoms with Gasteiger partial charge in [-0.05, 0) is 24.0 Å². The van der Waals surface area contributed by atoms with Gasteiger partial charge in [0.15, 0.2) is 0 Å². The molecule has 0 spiro atoms. The molecule has 114 valence electrons. The Hall–Kier alpha value is -2.22. The highest BCUT2D eigenvalue weighted by Crippen LogP contribution is 2.22. The molecule has 0 aromatic heterocycles. The molecule has 0 heterocycles. The smallest absolute Gasteiger partial charge is 0.0797 e. The van der Waals surface area contributed by atoms with Crippen molar-refractivity contribution in [3.63, 3.8) is 0 Å². The lowest BCUT2D eigenvalue weighted by atomic mass is 9.89. The van der Waals surface area contributed by atoms with Crippen LogP contribution in [0.3, 0.4) is 0 Å². The van der Waals surface area contributed by atoms with E-state index in [0.29, 0.717) is 12.5 Å². The molecule has 0 amide bonds. The third kappa shape index (κ3) is 4.66. The molecule has 2 nitrogen and oxygen atoms in total. The zero-order valence-corrected chi connectivity index (χ0v) is 13.6. The summed E-state index contributed by atoms with van der Waals surface area (Å²) in [5.41, 5.74) is 2.06. The molecule has 22 heavy (non-hydrogen) atoms. The van der Waals surface area contributed by atoms with Gasteiger partial charge in [-0.15, -0.1) is 0 Å². The minimum absolute atomic E-state index is 0.193. The summed E-state index contributed by atoms with van der Waals surface area (Å²) in [6.07, 6.45) is 3.89. The van der Waals surface area contributed by atoms with Crippen LogP contribution in [0.25, 0.3) is 0 Å². The van der Waals surface area contributed by atoms with Crippen LogP contribution in [-0.2, 0) is 0 Å². The van der Waals surface area contributed by atoms with Crippen molar-refractivity contribution in [3.8, 4) is 0 Å². The average Bonchev–Trinajstić information content (AvgIpc) is 2.55. The van der Waals surface area contributed by atoms with Crippen molar-refractivity contribution in [2.75, 3.05) is 6.54 Å². The minimum atomic E-state index is -0.193. The number of hydrogen-bond acceptors (Lipinski definition) is 2. The highest BCUT2D eigenvalue weighted by Gasteiger charge is 2.26. The van der Waals surface area contributed by atoms with Crippen LogP contribution in [0.4, 0.5) is 0 Å². The van der Waals surface area contributed by atoms with E-state index in [-0.39, 0.29) is 5.54 Å². The van der Waals surface area contributed by atoms with Gasteiger partial charge in [-0.1, -0.05) is 74.5 Å². The fourth-order valence-electron chi connectivity index (χ4n) is 2.01. The molecule has 0 aliphatic carbocycles. The van der Waals surface area contributed by atoms with Gasteiger partial charge < -0.3 is 0 Å². The molecule has 2 aromatic carbocycles. The summed E-state index contributed by atoms with van der Waals surface area (Å²) in [7, 11) is 0. The number of benzene rings is 2. The molecule has 0 radical (unpaired) electrons. The lowest BCUT2D eigenvalue weighted by molar-refractivity contribution is 0.355.